The SMILES string of the molecule is CCOC(=O)C(=O)C(Cc1ccccc1)C(NS(=O)(=O)c1ccc([N+](=O)[O-])cc1)c1ccccc1. The van der Waals surface area contributed by atoms with Gasteiger partial charge < -0.3 is 4.74 Å². The van der Waals surface area contributed by atoms with Gasteiger partial charge in [-0.05, 0) is 36.6 Å². The van der Waals surface area contributed by atoms with E-state index in [2.05, 4.69) is 4.72 Å². The third-order valence-electron chi connectivity index (χ3n) is 5.31. The number of nitro groups is 1. The molecule has 0 saturated carbocycles. The highest BCUT2D eigenvalue weighted by Crippen LogP contribution is 2.29. The first-order chi connectivity index (χ1) is 16.7. The second-order valence-corrected chi connectivity index (χ2v) is 9.36. The van der Waals surface area contributed by atoms with Crippen LogP contribution in [0.5, 0.6) is 0 Å². The standard InChI is InChI=1S/C25H24N2O7S/c1-2-34-25(29)24(28)22(17-18-9-5-3-6-10-18)23(19-11-7-4-8-12-19)26-35(32,33)21-15-13-20(14-16-21)27(30)31/h3-16,22-23,26H,2,17H2,1H3. The zero-order chi connectivity index (χ0) is 25.4. The molecular weight excluding hydrogens is 472 g/mol. The molecule has 0 aliphatic rings. The van der Waals surface area contributed by atoms with Gasteiger partial charge in [0.15, 0.2) is 0 Å². The Kier molecular flexibility index (Phi) is 8.45. The highest BCUT2D eigenvalue weighted by Gasteiger charge is 2.37. The molecule has 0 amide bonds. The first kappa shape index (κ1) is 25.7. The third kappa shape index (κ3) is 6.58. The van der Waals surface area contributed by atoms with Gasteiger partial charge in [-0.25, -0.2) is 17.9 Å². The molecule has 182 valence electrons. The second kappa shape index (κ2) is 11.5. The zero-order valence-electron chi connectivity index (χ0n) is 18.9. The number of esters is 1. The maximum atomic E-state index is 13.3. The molecule has 0 heterocycles. The molecule has 3 aromatic rings. The number of ether oxygens (including phenoxy) is 1. The Balaban J connectivity index is 2.05. The fourth-order valence-corrected chi connectivity index (χ4v) is 4.87. The predicted octanol–water partition coefficient (Wildman–Crippen LogP) is 3.61. The summed E-state index contributed by atoms with van der Waals surface area (Å²) in [5.41, 5.74) is 0.935. The van der Waals surface area contributed by atoms with Crippen molar-refractivity contribution in [1.82, 2.24) is 4.72 Å². The second-order valence-electron chi connectivity index (χ2n) is 7.64. The van der Waals surface area contributed by atoms with Crippen LogP contribution in [0.1, 0.15) is 24.1 Å². The fraction of sp³-hybridized carbons (Fsp3) is 0.200. The van der Waals surface area contributed by atoms with E-state index in [0.717, 1.165) is 29.8 Å². The molecule has 0 saturated heterocycles. The Morgan fingerprint density at radius 3 is 2.06 bits per heavy atom. The maximum Gasteiger partial charge on any atom is 0.374 e. The van der Waals surface area contributed by atoms with Crippen LogP contribution in [-0.4, -0.2) is 31.7 Å². The van der Waals surface area contributed by atoms with E-state index >= 15 is 0 Å². The van der Waals surface area contributed by atoms with Crippen LogP contribution in [0, 0.1) is 16.0 Å². The van der Waals surface area contributed by atoms with E-state index in [9.17, 15) is 28.1 Å². The van der Waals surface area contributed by atoms with E-state index in [1.165, 1.54) is 0 Å². The summed E-state index contributed by atoms with van der Waals surface area (Å²) < 4.78 is 34.0. The minimum absolute atomic E-state index is 0.00679. The van der Waals surface area contributed by atoms with E-state index in [1.54, 1.807) is 67.6 Å². The number of sulfonamides is 1. The summed E-state index contributed by atoms with van der Waals surface area (Å²) in [5, 5.41) is 10.9. The molecule has 3 aromatic carbocycles. The molecular formula is C25H24N2O7S. The highest BCUT2D eigenvalue weighted by atomic mass is 32.2. The molecule has 35 heavy (non-hydrogen) atoms. The topological polar surface area (TPSA) is 133 Å². The fourth-order valence-electron chi connectivity index (χ4n) is 3.61. The number of hydrogen-bond donors (Lipinski definition) is 1. The van der Waals surface area contributed by atoms with Crippen molar-refractivity contribution in [2.75, 3.05) is 6.61 Å². The Labute approximate surface area is 203 Å². The van der Waals surface area contributed by atoms with Crippen LogP contribution in [0.4, 0.5) is 5.69 Å². The first-order valence-electron chi connectivity index (χ1n) is 10.8. The van der Waals surface area contributed by atoms with Gasteiger partial charge in [-0.3, -0.25) is 14.9 Å². The lowest BCUT2D eigenvalue weighted by Crippen LogP contribution is -2.40. The number of carbonyl (C=O) groups is 2. The molecule has 10 heteroatoms. The quantitative estimate of drug-likeness (QED) is 0.186. The van der Waals surface area contributed by atoms with Crippen LogP contribution >= 0.6 is 0 Å². The monoisotopic (exact) mass is 496 g/mol. The van der Waals surface area contributed by atoms with Crippen molar-refractivity contribution in [2.24, 2.45) is 5.92 Å². The highest BCUT2D eigenvalue weighted by molar-refractivity contribution is 7.89. The van der Waals surface area contributed by atoms with E-state index < -0.39 is 38.7 Å². The van der Waals surface area contributed by atoms with Gasteiger partial charge in [0.2, 0.25) is 15.8 Å². The minimum atomic E-state index is -4.24. The van der Waals surface area contributed by atoms with Crippen molar-refractivity contribution < 1.29 is 27.7 Å². The summed E-state index contributed by atoms with van der Waals surface area (Å²) >= 11 is 0. The number of nitrogens with one attached hydrogen (secondary N) is 1. The van der Waals surface area contributed by atoms with Gasteiger partial charge >= 0.3 is 5.97 Å². The summed E-state index contributed by atoms with van der Waals surface area (Å²) in [6.45, 7) is 1.57. The summed E-state index contributed by atoms with van der Waals surface area (Å²) in [7, 11) is -4.24. The lowest BCUT2D eigenvalue weighted by Gasteiger charge is -2.27. The van der Waals surface area contributed by atoms with Crippen molar-refractivity contribution in [3.05, 3.63) is 106 Å². The van der Waals surface area contributed by atoms with Crippen LogP contribution < -0.4 is 4.72 Å². The smallest absolute Gasteiger partial charge is 0.374 e. The molecule has 9 nitrogen and oxygen atoms in total. The number of benzene rings is 3. The Morgan fingerprint density at radius 1 is 0.943 bits per heavy atom. The van der Waals surface area contributed by atoms with Crippen LogP contribution in [0.15, 0.2) is 89.8 Å². The Bertz CT molecular complexity index is 1280. The lowest BCUT2D eigenvalue weighted by molar-refractivity contribution is -0.384. The summed E-state index contributed by atoms with van der Waals surface area (Å²) in [4.78, 5) is 35.7. The molecule has 1 N–H and O–H groups in total. The average molecular weight is 497 g/mol. The van der Waals surface area contributed by atoms with Crippen molar-refractivity contribution in [1.29, 1.82) is 0 Å². The Hall–Kier alpha value is -3.89. The molecule has 0 spiro atoms. The summed E-state index contributed by atoms with van der Waals surface area (Å²) in [6, 6.07) is 20.6. The van der Waals surface area contributed by atoms with Gasteiger partial charge in [-0.2, -0.15) is 0 Å². The molecule has 3 rings (SSSR count). The third-order valence-corrected chi connectivity index (χ3v) is 6.77. The van der Waals surface area contributed by atoms with Gasteiger partial charge in [0.1, 0.15) is 0 Å². The number of non-ortho nitro benzene ring substituents is 1. The zero-order valence-corrected chi connectivity index (χ0v) is 19.7. The van der Waals surface area contributed by atoms with Crippen molar-refractivity contribution in [3.63, 3.8) is 0 Å². The molecule has 0 bridgehead atoms. The molecule has 0 aliphatic heterocycles. The number of ketones is 1. The van der Waals surface area contributed by atoms with E-state index in [1.807, 2.05) is 0 Å². The Morgan fingerprint density at radius 2 is 1.51 bits per heavy atom. The van der Waals surface area contributed by atoms with Crippen LogP contribution in [0.3, 0.4) is 0 Å². The number of hydrogen-bond acceptors (Lipinski definition) is 7. The maximum absolute atomic E-state index is 13.3. The van der Waals surface area contributed by atoms with Gasteiger partial charge in [0.05, 0.1) is 28.4 Å². The number of nitro benzene ring substituents is 1. The van der Waals surface area contributed by atoms with Gasteiger partial charge in [0.25, 0.3) is 5.69 Å². The van der Waals surface area contributed by atoms with Crippen molar-refractivity contribution in [3.8, 4) is 0 Å². The number of Topliss-reactive ketones (excluding diaryl/α,β-unsaturated/α-hetero) is 1. The van der Waals surface area contributed by atoms with Crippen LogP contribution in [0.25, 0.3) is 0 Å². The normalized spacial score (nSPS) is 12.9. The van der Waals surface area contributed by atoms with Gasteiger partial charge in [0, 0.05) is 12.1 Å². The summed E-state index contributed by atoms with van der Waals surface area (Å²) in [6.07, 6.45) is 0.0703. The van der Waals surface area contributed by atoms with E-state index in [-0.39, 0.29) is 23.6 Å². The van der Waals surface area contributed by atoms with Crippen molar-refractivity contribution >= 4 is 27.5 Å². The van der Waals surface area contributed by atoms with Crippen LogP contribution in [-0.2, 0) is 30.8 Å². The number of nitrogens with zero attached hydrogens (tertiary/aromatic N) is 1. The van der Waals surface area contributed by atoms with Gasteiger partial charge in [-0.15, -0.1) is 0 Å². The van der Waals surface area contributed by atoms with E-state index in [0.29, 0.717) is 5.56 Å². The van der Waals surface area contributed by atoms with Gasteiger partial charge in [-0.1, -0.05) is 60.7 Å². The molecule has 0 aliphatic carbocycles. The number of carbonyl (C=O) groups excluding carboxylic acids is 2. The molecule has 0 radical (unpaired) electrons. The predicted molar refractivity (Wildman–Crippen MR) is 128 cm³/mol. The summed E-state index contributed by atoms with van der Waals surface area (Å²) in [5.74, 6) is -3.04. The van der Waals surface area contributed by atoms with Crippen LogP contribution in [0.2, 0.25) is 0 Å². The molecule has 2 atom stereocenters. The molecule has 0 fully saturated rings. The number of rotatable bonds is 11. The van der Waals surface area contributed by atoms with Crippen molar-refractivity contribution in [2.45, 2.75) is 24.3 Å². The first-order valence-corrected chi connectivity index (χ1v) is 12.3. The minimum Gasteiger partial charge on any atom is -0.460 e. The largest absolute Gasteiger partial charge is 0.460 e. The van der Waals surface area contributed by atoms with E-state index in [4.69, 9.17) is 4.74 Å². The molecule has 0 aromatic heterocycles. The lowest BCUT2D eigenvalue weighted by atomic mass is 9.85. The average Bonchev–Trinajstić information content (AvgIpc) is 2.87. The molecule has 2 unspecified atom stereocenters.